The van der Waals surface area contributed by atoms with Crippen LogP contribution in [0.25, 0.3) is 11.1 Å². The summed E-state index contributed by atoms with van der Waals surface area (Å²) >= 11 is 0. The van der Waals surface area contributed by atoms with Crippen LogP contribution in [0.5, 0.6) is 0 Å². The van der Waals surface area contributed by atoms with Crippen LogP contribution < -0.4 is 5.14 Å². The molecule has 0 spiro atoms. The lowest BCUT2D eigenvalue weighted by molar-refractivity contribution is 0.568. The highest BCUT2D eigenvalue weighted by Crippen LogP contribution is 2.40. The fourth-order valence-electron chi connectivity index (χ4n) is 3.08. The maximum absolute atomic E-state index is 14.1. The van der Waals surface area contributed by atoms with Crippen molar-refractivity contribution in [3.63, 3.8) is 0 Å². The molecule has 0 fully saturated rings. The number of rotatable bonds is 3. The van der Waals surface area contributed by atoms with Gasteiger partial charge in [0.05, 0.1) is 0 Å². The molecule has 2 aromatic carbocycles. The number of primary sulfonamides is 1. The van der Waals surface area contributed by atoms with Gasteiger partial charge in [-0.1, -0.05) is 18.2 Å². The average molecular weight is 349 g/mol. The second-order valence-electron chi connectivity index (χ2n) is 5.96. The van der Waals surface area contributed by atoms with E-state index in [2.05, 4.69) is 0 Å². The van der Waals surface area contributed by atoms with Crippen molar-refractivity contribution in [3.05, 3.63) is 64.7 Å². The first-order valence-corrected chi connectivity index (χ1v) is 9.13. The zero-order valence-corrected chi connectivity index (χ0v) is 14.0. The van der Waals surface area contributed by atoms with Gasteiger partial charge < -0.3 is 0 Å². The number of allylic oxidation sites excluding steroid dienone is 2. The Balaban J connectivity index is 2.09. The van der Waals surface area contributed by atoms with Gasteiger partial charge in [-0.2, -0.15) is 0 Å². The molecule has 2 aromatic rings. The summed E-state index contributed by atoms with van der Waals surface area (Å²) in [4.78, 5) is -0.521. The van der Waals surface area contributed by atoms with Gasteiger partial charge in [0.25, 0.3) is 0 Å². The van der Waals surface area contributed by atoms with Crippen LogP contribution in [0.2, 0.25) is 0 Å². The smallest absolute Gasteiger partial charge is 0.225 e. The average Bonchev–Trinajstić information content (AvgIpc) is 2.98. The molecule has 0 aliphatic heterocycles. The molecule has 0 radical (unpaired) electrons. The third-order valence-electron chi connectivity index (χ3n) is 4.32. The van der Waals surface area contributed by atoms with Gasteiger partial charge in [-0.05, 0) is 72.2 Å². The molecule has 126 valence electrons. The second kappa shape index (κ2) is 6.11. The van der Waals surface area contributed by atoms with Crippen molar-refractivity contribution < 1.29 is 17.2 Å². The molecule has 0 aromatic heterocycles. The number of halogens is 2. The zero-order chi connectivity index (χ0) is 17.5. The van der Waals surface area contributed by atoms with Crippen molar-refractivity contribution in [2.24, 2.45) is 5.14 Å². The molecule has 6 heteroatoms. The summed E-state index contributed by atoms with van der Waals surface area (Å²) in [5.74, 6) is -1.15. The van der Waals surface area contributed by atoms with Gasteiger partial charge in [-0.3, -0.25) is 0 Å². The van der Waals surface area contributed by atoms with Crippen molar-refractivity contribution >= 4 is 21.2 Å². The van der Waals surface area contributed by atoms with Crippen LogP contribution in [-0.2, 0) is 10.0 Å². The molecule has 0 bridgehead atoms. The molecule has 1 aliphatic rings. The van der Waals surface area contributed by atoms with Crippen molar-refractivity contribution in [1.82, 2.24) is 0 Å². The van der Waals surface area contributed by atoms with E-state index in [4.69, 9.17) is 5.14 Å². The molecular weight excluding hydrogens is 332 g/mol. The van der Waals surface area contributed by atoms with E-state index >= 15 is 0 Å². The topological polar surface area (TPSA) is 60.2 Å². The summed E-state index contributed by atoms with van der Waals surface area (Å²) in [7, 11) is -4.09. The van der Waals surface area contributed by atoms with Crippen molar-refractivity contribution in [2.75, 3.05) is 0 Å². The summed E-state index contributed by atoms with van der Waals surface area (Å²) in [5, 5.41) is 4.99. The summed E-state index contributed by atoms with van der Waals surface area (Å²) in [5.41, 5.74) is 3.84. The predicted octanol–water partition coefficient (Wildman–Crippen LogP) is 4.02. The lowest BCUT2D eigenvalue weighted by Crippen LogP contribution is -2.14. The number of aryl methyl sites for hydroxylation is 1. The maximum Gasteiger partial charge on any atom is 0.240 e. The lowest BCUT2D eigenvalue weighted by Gasteiger charge is -2.11. The molecule has 2 N–H and O–H groups in total. The highest BCUT2D eigenvalue weighted by Gasteiger charge is 2.21. The number of hydrogen-bond donors (Lipinski definition) is 1. The van der Waals surface area contributed by atoms with Gasteiger partial charge >= 0.3 is 0 Å². The van der Waals surface area contributed by atoms with Gasteiger partial charge in [0.2, 0.25) is 10.0 Å². The Bertz CT molecular complexity index is 949. The van der Waals surface area contributed by atoms with Gasteiger partial charge in [-0.15, -0.1) is 0 Å². The Morgan fingerprint density at radius 1 is 0.917 bits per heavy atom. The Hall–Kier alpha value is -2.05. The van der Waals surface area contributed by atoms with Gasteiger partial charge in [-0.25, -0.2) is 22.3 Å². The molecule has 0 atom stereocenters. The Morgan fingerprint density at radius 2 is 1.46 bits per heavy atom. The van der Waals surface area contributed by atoms with Crippen LogP contribution in [0.1, 0.15) is 36.0 Å². The molecule has 0 heterocycles. The Morgan fingerprint density at radius 3 is 1.96 bits per heavy atom. The predicted molar refractivity (Wildman–Crippen MR) is 89.6 cm³/mol. The van der Waals surface area contributed by atoms with E-state index < -0.39 is 20.7 Å². The molecular formula is C18H17F2NO2S. The molecule has 0 unspecified atom stereocenters. The Labute approximate surface area is 139 Å². The molecule has 24 heavy (non-hydrogen) atoms. The van der Waals surface area contributed by atoms with Crippen molar-refractivity contribution in [3.8, 4) is 0 Å². The number of benzene rings is 2. The third-order valence-corrected chi connectivity index (χ3v) is 5.27. The van der Waals surface area contributed by atoms with E-state index in [1.54, 1.807) is 19.1 Å². The fraction of sp³-hybridized carbons (Fsp3) is 0.222. The largest absolute Gasteiger partial charge is 0.240 e. The van der Waals surface area contributed by atoms with E-state index in [-0.39, 0.29) is 5.82 Å². The molecule has 1 aliphatic carbocycles. The van der Waals surface area contributed by atoms with Crippen LogP contribution >= 0.6 is 0 Å². The van der Waals surface area contributed by atoms with Gasteiger partial charge in [0.1, 0.15) is 16.5 Å². The van der Waals surface area contributed by atoms with Gasteiger partial charge in [0, 0.05) is 0 Å². The van der Waals surface area contributed by atoms with Crippen LogP contribution in [0.4, 0.5) is 8.78 Å². The zero-order valence-electron chi connectivity index (χ0n) is 13.1. The first-order chi connectivity index (χ1) is 11.3. The number of nitrogens with two attached hydrogens (primary N) is 1. The van der Waals surface area contributed by atoms with E-state index in [0.717, 1.165) is 36.0 Å². The SMILES string of the molecule is Cc1ccc(C2=C(c3ccc(S(N)(=O)=O)c(F)c3)CCC2)cc1F. The quantitative estimate of drug-likeness (QED) is 0.910. The summed E-state index contributed by atoms with van der Waals surface area (Å²) in [6, 6.07) is 8.98. The number of hydrogen-bond acceptors (Lipinski definition) is 2. The van der Waals surface area contributed by atoms with Gasteiger partial charge in [0.15, 0.2) is 0 Å². The minimum Gasteiger partial charge on any atom is -0.225 e. The maximum atomic E-state index is 14.1. The third kappa shape index (κ3) is 3.12. The first-order valence-electron chi connectivity index (χ1n) is 7.58. The van der Waals surface area contributed by atoms with E-state index in [0.29, 0.717) is 11.1 Å². The summed E-state index contributed by atoms with van der Waals surface area (Å²) in [6.45, 7) is 1.70. The normalized spacial score (nSPS) is 15.2. The molecule has 0 saturated carbocycles. The molecule has 3 rings (SSSR count). The van der Waals surface area contributed by atoms with E-state index in [1.807, 2.05) is 6.07 Å². The Kier molecular flexibility index (Phi) is 4.27. The minimum atomic E-state index is -4.09. The number of sulfonamides is 1. The fourth-order valence-corrected chi connectivity index (χ4v) is 3.67. The molecule has 3 nitrogen and oxygen atoms in total. The van der Waals surface area contributed by atoms with E-state index in [1.165, 1.54) is 18.2 Å². The second-order valence-corrected chi connectivity index (χ2v) is 7.49. The first kappa shape index (κ1) is 16.8. The molecule has 0 amide bonds. The van der Waals surface area contributed by atoms with Crippen molar-refractivity contribution in [2.45, 2.75) is 31.1 Å². The standard InChI is InChI=1S/C18H17F2NO2S/c1-11-5-6-12(9-16(11)19)14-3-2-4-15(14)13-7-8-18(17(20)10-13)24(21,22)23/h5-10H,2-4H2,1H3,(H2,21,22,23). The molecule has 0 saturated heterocycles. The van der Waals surface area contributed by atoms with Crippen molar-refractivity contribution in [1.29, 1.82) is 0 Å². The van der Waals surface area contributed by atoms with E-state index in [9.17, 15) is 17.2 Å². The summed E-state index contributed by atoms with van der Waals surface area (Å²) < 4.78 is 50.6. The lowest BCUT2D eigenvalue weighted by atomic mass is 9.96. The van der Waals surface area contributed by atoms with Crippen LogP contribution in [0, 0.1) is 18.6 Å². The monoisotopic (exact) mass is 349 g/mol. The highest BCUT2D eigenvalue weighted by atomic mass is 32.2. The van der Waals surface area contributed by atoms with Crippen LogP contribution in [0.3, 0.4) is 0 Å². The summed E-state index contributed by atoms with van der Waals surface area (Å²) in [6.07, 6.45) is 2.40. The van der Waals surface area contributed by atoms with Crippen LogP contribution in [0.15, 0.2) is 41.3 Å². The van der Waals surface area contributed by atoms with Crippen LogP contribution in [-0.4, -0.2) is 8.42 Å². The minimum absolute atomic E-state index is 0.276. The highest BCUT2D eigenvalue weighted by molar-refractivity contribution is 7.89.